The smallest absolute Gasteiger partial charge is 0.416 e. The van der Waals surface area contributed by atoms with Crippen LogP contribution in [0.5, 0.6) is 5.75 Å². The van der Waals surface area contributed by atoms with E-state index in [0.29, 0.717) is 11.8 Å². The fourth-order valence-corrected chi connectivity index (χ4v) is 2.25. The van der Waals surface area contributed by atoms with Crippen molar-refractivity contribution >= 4 is 29.2 Å². The summed E-state index contributed by atoms with van der Waals surface area (Å²) >= 11 is 5.78. The highest BCUT2D eigenvalue weighted by atomic mass is 35.5. The second-order valence-corrected chi connectivity index (χ2v) is 6.22. The first-order valence-corrected chi connectivity index (χ1v) is 8.54. The third-order valence-corrected chi connectivity index (χ3v) is 3.86. The fraction of sp³-hybridized carbons (Fsp3) is 0.263. The maximum Gasteiger partial charge on any atom is 0.416 e. The minimum atomic E-state index is -4.58. The fourth-order valence-electron chi connectivity index (χ4n) is 2.09. The SMILES string of the molecule is Cc1ccc(OCCC(=O)OCC(=O)Nc2cc(C(F)(F)F)ccc2Cl)cc1. The number of benzene rings is 2. The molecule has 0 saturated carbocycles. The molecule has 0 fully saturated rings. The van der Waals surface area contributed by atoms with Crippen LogP contribution >= 0.6 is 11.6 Å². The molecule has 0 aliphatic rings. The Kier molecular flexibility index (Phi) is 7.28. The van der Waals surface area contributed by atoms with Crippen molar-refractivity contribution in [2.24, 2.45) is 0 Å². The molecule has 1 amide bonds. The molecule has 0 saturated heterocycles. The number of rotatable bonds is 7. The topological polar surface area (TPSA) is 64.6 Å². The van der Waals surface area contributed by atoms with E-state index in [1.807, 2.05) is 19.1 Å². The van der Waals surface area contributed by atoms with E-state index in [0.717, 1.165) is 17.7 Å². The number of nitrogens with one attached hydrogen (secondary N) is 1. The summed E-state index contributed by atoms with van der Waals surface area (Å²) in [6.45, 7) is 1.33. The van der Waals surface area contributed by atoms with Crippen molar-refractivity contribution in [2.45, 2.75) is 19.5 Å². The maximum absolute atomic E-state index is 12.7. The Labute approximate surface area is 164 Å². The van der Waals surface area contributed by atoms with Gasteiger partial charge in [-0.25, -0.2) is 0 Å². The van der Waals surface area contributed by atoms with Gasteiger partial charge in [0.2, 0.25) is 0 Å². The van der Waals surface area contributed by atoms with E-state index in [4.69, 9.17) is 21.1 Å². The molecule has 0 radical (unpaired) electrons. The quantitative estimate of drug-likeness (QED) is 0.670. The lowest BCUT2D eigenvalue weighted by Crippen LogP contribution is -2.22. The minimum Gasteiger partial charge on any atom is -0.493 e. The summed E-state index contributed by atoms with van der Waals surface area (Å²) in [6, 6.07) is 9.76. The van der Waals surface area contributed by atoms with Crippen LogP contribution in [0, 0.1) is 6.92 Å². The molecule has 2 rings (SSSR count). The van der Waals surface area contributed by atoms with Crippen molar-refractivity contribution in [2.75, 3.05) is 18.5 Å². The van der Waals surface area contributed by atoms with Gasteiger partial charge in [0.05, 0.1) is 29.3 Å². The standard InChI is InChI=1S/C19H17ClF3NO4/c1-12-2-5-14(6-3-12)27-9-8-18(26)28-11-17(25)24-16-10-13(19(21,22)23)4-7-15(16)20/h2-7,10H,8-9,11H2,1H3,(H,24,25). The van der Waals surface area contributed by atoms with Crippen LogP contribution in [0.2, 0.25) is 5.02 Å². The number of esters is 1. The molecule has 0 spiro atoms. The van der Waals surface area contributed by atoms with Gasteiger partial charge in [-0.15, -0.1) is 0 Å². The molecular formula is C19H17ClF3NO4. The average Bonchev–Trinajstić information content (AvgIpc) is 2.62. The normalized spacial score (nSPS) is 11.0. The zero-order chi connectivity index (χ0) is 20.7. The Hall–Kier alpha value is -2.74. The zero-order valence-corrected chi connectivity index (χ0v) is 15.6. The van der Waals surface area contributed by atoms with Crippen molar-refractivity contribution in [3.05, 3.63) is 58.6 Å². The Morgan fingerprint density at radius 1 is 1.11 bits per heavy atom. The zero-order valence-electron chi connectivity index (χ0n) is 14.8. The number of halogens is 4. The lowest BCUT2D eigenvalue weighted by Gasteiger charge is -2.12. The van der Waals surface area contributed by atoms with E-state index >= 15 is 0 Å². The number of aryl methyl sites for hydroxylation is 1. The van der Waals surface area contributed by atoms with Crippen LogP contribution in [0.15, 0.2) is 42.5 Å². The Morgan fingerprint density at radius 3 is 2.43 bits per heavy atom. The summed E-state index contributed by atoms with van der Waals surface area (Å²) in [6.07, 6.45) is -4.67. The molecule has 1 N–H and O–H groups in total. The number of anilines is 1. The van der Waals surface area contributed by atoms with Gasteiger partial charge in [0.1, 0.15) is 5.75 Å². The highest BCUT2D eigenvalue weighted by Gasteiger charge is 2.31. The van der Waals surface area contributed by atoms with E-state index in [1.165, 1.54) is 0 Å². The summed E-state index contributed by atoms with van der Waals surface area (Å²) in [5, 5.41) is 2.12. The Bertz CT molecular complexity index is 838. The van der Waals surface area contributed by atoms with Crippen LogP contribution in [-0.4, -0.2) is 25.1 Å². The molecule has 0 bridgehead atoms. The number of carbonyl (C=O) groups excluding carboxylic acids is 2. The van der Waals surface area contributed by atoms with Crippen LogP contribution in [0.1, 0.15) is 17.5 Å². The van der Waals surface area contributed by atoms with E-state index < -0.39 is 30.2 Å². The highest BCUT2D eigenvalue weighted by Crippen LogP contribution is 2.33. The van der Waals surface area contributed by atoms with Crippen LogP contribution in [-0.2, 0) is 20.5 Å². The predicted molar refractivity (Wildman–Crippen MR) is 97.3 cm³/mol. The minimum absolute atomic E-state index is 0.0585. The molecule has 150 valence electrons. The molecule has 0 aliphatic heterocycles. The average molecular weight is 416 g/mol. The maximum atomic E-state index is 12.7. The van der Waals surface area contributed by atoms with Crippen LogP contribution in [0.3, 0.4) is 0 Å². The Morgan fingerprint density at radius 2 is 1.79 bits per heavy atom. The van der Waals surface area contributed by atoms with Crippen molar-refractivity contribution in [1.82, 2.24) is 0 Å². The Balaban J connectivity index is 1.77. The molecule has 0 atom stereocenters. The molecule has 0 heterocycles. The van der Waals surface area contributed by atoms with E-state index in [2.05, 4.69) is 5.32 Å². The van der Waals surface area contributed by atoms with Gasteiger partial charge in [-0.2, -0.15) is 13.2 Å². The van der Waals surface area contributed by atoms with E-state index in [9.17, 15) is 22.8 Å². The molecule has 28 heavy (non-hydrogen) atoms. The highest BCUT2D eigenvalue weighted by molar-refractivity contribution is 6.33. The summed E-state index contributed by atoms with van der Waals surface area (Å²) < 4.78 is 48.3. The van der Waals surface area contributed by atoms with Crippen LogP contribution < -0.4 is 10.1 Å². The summed E-state index contributed by atoms with van der Waals surface area (Å²) in [4.78, 5) is 23.4. The number of carbonyl (C=O) groups is 2. The first-order valence-electron chi connectivity index (χ1n) is 8.17. The van der Waals surface area contributed by atoms with Crippen LogP contribution in [0.25, 0.3) is 0 Å². The summed E-state index contributed by atoms with van der Waals surface area (Å²) in [5.74, 6) is -0.901. The molecule has 5 nitrogen and oxygen atoms in total. The molecule has 0 aliphatic carbocycles. The second kappa shape index (κ2) is 9.45. The van der Waals surface area contributed by atoms with Gasteiger partial charge < -0.3 is 14.8 Å². The van der Waals surface area contributed by atoms with Gasteiger partial charge in [0, 0.05) is 0 Å². The number of ether oxygens (including phenoxy) is 2. The van der Waals surface area contributed by atoms with Gasteiger partial charge in [-0.1, -0.05) is 29.3 Å². The van der Waals surface area contributed by atoms with E-state index in [1.54, 1.807) is 12.1 Å². The van der Waals surface area contributed by atoms with Gasteiger partial charge in [-0.3, -0.25) is 9.59 Å². The largest absolute Gasteiger partial charge is 0.493 e. The van der Waals surface area contributed by atoms with Gasteiger partial charge in [0.15, 0.2) is 6.61 Å². The molecule has 2 aromatic rings. The van der Waals surface area contributed by atoms with Crippen molar-refractivity contribution in [1.29, 1.82) is 0 Å². The van der Waals surface area contributed by atoms with Crippen LogP contribution in [0.4, 0.5) is 18.9 Å². The second-order valence-electron chi connectivity index (χ2n) is 5.81. The number of alkyl halides is 3. The van der Waals surface area contributed by atoms with Gasteiger partial charge in [0.25, 0.3) is 5.91 Å². The third kappa shape index (κ3) is 6.77. The van der Waals surface area contributed by atoms with Crippen molar-refractivity contribution < 1.29 is 32.2 Å². The number of hydrogen-bond donors (Lipinski definition) is 1. The third-order valence-electron chi connectivity index (χ3n) is 3.53. The monoisotopic (exact) mass is 415 g/mol. The summed E-state index contributed by atoms with van der Waals surface area (Å²) in [5.41, 5.74) is -0.114. The van der Waals surface area contributed by atoms with Crippen molar-refractivity contribution in [3.8, 4) is 5.75 Å². The van der Waals surface area contributed by atoms with Crippen molar-refractivity contribution in [3.63, 3.8) is 0 Å². The number of amides is 1. The molecule has 9 heteroatoms. The first kappa shape index (κ1) is 21.6. The van der Waals surface area contributed by atoms with E-state index in [-0.39, 0.29) is 23.7 Å². The molecule has 2 aromatic carbocycles. The first-order chi connectivity index (χ1) is 13.1. The lowest BCUT2D eigenvalue weighted by atomic mass is 10.2. The van der Waals surface area contributed by atoms with Gasteiger partial charge in [-0.05, 0) is 37.3 Å². The number of hydrogen-bond acceptors (Lipinski definition) is 4. The van der Waals surface area contributed by atoms with Gasteiger partial charge >= 0.3 is 12.1 Å². The molecule has 0 unspecified atom stereocenters. The lowest BCUT2D eigenvalue weighted by molar-refractivity contribution is -0.147. The predicted octanol–water partition coefficient (Wildman–Crippen LogP) is 4.62. The summed E-state index contributed by atoms with van der Waals surface area (Å²) in [7, 11) is 0. The molecular weight excluding hydrogens is 399 g/mol. The molecule has 0 aromatic heterocycles.